The van der Waals surface area contributed by atoms with Gasteiger partial charge in [-0.25, -0.2) is 14.4 Å². The summed E-state index contributed by atoms with van der Waals surface area (Å²) < 4.78 is 20.5. The van der Waals surface area contributed by atoms with Crippen LogP contribution in [0.4, 0.5) is 15.9 Å². The van der Waals surface area contributed by atoms with E-state index < -0.39 is 5.82 Å². The normalized spacial score (nSPS) is 15.1. The number of benzene rings is 2. The number of fused-ring (bicyclic) bond motifs is 1. The highest BCUT2D eigenvalue weighted by atomic mass is 35.5. The second-order valence-corrected chi connectivity index (χ2v) is 7.06. The third kappa shape index (κ3) is 3.82. The first-order valence-corrected chi connectivity index (χ1v) is 9.33. The maximum absolute atomic E-state index is 14.3. The van der Waals surface area contributed by atoms with Crippen molar-refractivity contribution in [1.29, 1.82) is 0 Å². The summed E-state index contributed by atoms with van der Waals surface area (Å²) in [6, 6.07) is 8.71. The molecule has 3 aromatic rings. The van der Waals surface area contributed by atoms with Crippen LogP contribution in [0.1, 0.15) is 18.4 Å². The van der Waals surface area contributed by atoms with Gasteiger partial charge < -0.3 is 15.4 Å². The van der Waals surface area contributed by atoms with Crippen molar-refractivity contribution in [2.75, 3.05) is 18.4 Å². The lowest BCUT2D eigenvalue weighted by molar-refractivity contribution is 0.161. The topological polar surface area (TPSA) is 59.1 Å². The molecule has 1 fully saturated rings. The Morgan fingerprint density at radius 3 is 2.85 bits per heavy atom. The van der Waals surface area contributed by atoms with Crippen LogP contribution < -0.4 is 15.4 Å². The molecule has 1 aliphatic rings. The molecule has 2 N–H and O–H groups in total. The molecule has 0 unspecified atom stereocenters. The number of anilines is 2. The second kappa shape index (κ2) is 7.66. The summed E-state index contributed by atoms with van der Waals surface area (Å²) in [6.07, 6.45) is 3.59. The number of rotatable bonds is 4. The Bertz CT molecular complexity index is 976. The van der Waals surface area contributed by atoms with Gasteiger partial charge >= 0.3 is 0 Å². The van der Waals surface area contributed by atoms with E-state index in [0.717, 1.165) is 48.1 Å². The number of hydrogen-bond acceptors (Lipinski definition) is 5. The van der Waals surface area contributed by atoms with E-state index in [1.54, 1.807) is 12.1 Å². The lowest BCUT2D eigenvalue weighted by Gasteiger charge is -2.25. The molecule has 0 spiro atoms. The molecule has 5 nitrogen and oxygen atoms in total. The zero-order chi connectivity index (χ0) is 18.8. The Labute approximate surface area is 161 Å². The van der Waals surface area contributed by atoms with Gasteiger partial charge in [0.2, 0.25) is 0 Å². The number of hydrogen-bond donors (Lipinski definition) is 2. The maximum atomic E-state index is 14.3. The fourth-order valence-corrected chi connectivity index (χ4v) is 3.41. The maximum Gasteiger partial charge on any atom is 0.165 e. The first-order chi connectivity index (χ1) is 13.1. The smallest absolute Gasteiger partial charge is 0.165 e. The molecule has 0 amide bonds. The average Bonchev–Trinajstić information content (AvgIpc) is 2.67. The van der Waals surface area contributed by atoms with Crippen molar-refractivity contribution in [1.82, 2.24) is 15.3 Å². The SMILES string of the molecule is Cc1cc2ncnc(Nc3cccc(Cl)c3F)c2cc1OC1CCNCC1. The standard InChI is InChI=1S/C20H20ClFN4O/c1-12-9-17-14(10-18(12)27-13-5-7-23-8-6-13)20(25-11-24-17)26-16-4-2-3-15(21)19(16)22/h2-4,9-11,13,23H,5-8H2,1H3,(H,24,25,26). The van der Waals surface area contributed by atoms with Crippen molar-refractivity contribution in [3.63, 3.8) is 0 Å². The first kappa shape index (κ1) is 17.9. The predicted molar refractivity (Wildman–Crippen MR) is 105 cm³/mol. The highest BCUT2D eigenvalue weighted by molar-refractivity contribution is 6.31. The van der Waals surface area contributed by atoms with E-state index >= 15 is 0 Å². The molecule has 7 heteroatoms. The van der Waals surface area contributed by atoms with Crippen LogP contribution in [-0.2, 0) is 0 Å². The molecule has 0 aliphatic carbocycles. The average molecular weight is 387 g/mol. The molecule has 0 saturated carbocycles. The van der Waals surface area contributed by atoms with E-state index in [-0.39, 0.29) is 16.8 Å². The van der Waals surface area contributed by atoms with Gasteiger partial charge in [0.1, 0.15) is 24.0 Å². The van der Waals surface area contributed by atoms with Crippen LogP contribution in [0.3, 0.4) is 0 Å². The van der Waals surface area contributed by atoms with Crippen LogP contribution in [0.15, 0.2) is 36.7 Å². The molecule has 4 rings (SSSR count). The minimum atomic E-state index is -0.510. The largest absolute Gasteiger partial charge is 0.490 e. The fraction of sp³-hybridized carbons (Fsp3) is 0.300. The van der Waals surface area contributed by atoms with E-state index in [9.17, 15) is 4.39 Å². The van der Waals surface area contributed by atoms with Gasteiger partial charge in [0.25, 0.3) is 0 Å². The summed E-state index contributed by atoms with van der Waals surface area (Å²) in [5, 5.41) is 7.19. The van der Waals surface area contributed by atoms with Crippen molar-refractivity contribution < 1.29 is 9.13 Å². The predicted octanol–water partition coefficient (Wildman–Crippen LogP) is 4.61. The minimum absolute atomic E-state index is 0.0594. The van der Waals surface area contributed by atoms with E-state index in [1.807, 2.05) is 19.1 Å². The Balaban J connectivity index is 1.70. The van der Waals surface area contributed by atoms with E-state index in [2.05, 4.69) is 20.6 Å². The summed E-state index contributed by atoms with van der Waals surface area (Å²) in [5.74, 6) is 0.805. The monoisotopic (exact) mass is 386 g/mol. The van der Waals surface area contributed by atoms with Gasteiger partial charge in [-0.3, -0.25) is 0 Å². The van der Waals surface area contributed by atoms with E-state index in [0.29, 0.717) is 5.82 Å². The molecular formula is C20H20ClFN4O. The van der Waals surface area contributed by atoms with Gasteiger partial charge in [-0.15, -0.1) is 0 Å². The summed E-state index contributed by atoms with van der Waals surface area (Å²) in [7, 11) is 0. The van der Waals surface area contributed by atoms with Crippen LogP contribution in [0.25, 0.3) is 10.9 Å². The number of ether oxygens (including phenoxy) is 1. The van der Waals surface area contributed by atoms with Crippen LogP contribution >= 0.6 is 11.6 Å². The van der Waals surface area contributed by atoms with E-state index in [1.165, 1.54) is 12.4 Å². The third-order valence-corrected chi connectivity index (χ3v) is 5.01. The zero-order valence-corrected chi connectivity index (χ0v) is 15.7. The molecule has 0 radical (unpaired) electrons. The Kier molecular flexibility index (Phi) is 5.09. The van der Waals surface area contributed by atoms with Crippen LogP contribution in [0.2, 0.25) is 5.02 Å². The molecule has 1 saturated heterocycles. The Morgan fingerprint density at radius 1 is 1.22 bits per heavy atom. The summed E-state index contributed by atoms with van der Waals surface area (Å²) in [5.41, 5.74) is 2.05. The van der Waals surface area contributed by atoms with Crippen molar-refractivity contribution in [2.24, 2.45) is 0 Å². The zero-order valence-electron chi connectivity index (χ0n) is 14.9. The number of aryl methyl sites for hydroxylation is 1. The molecule has 1 aliphatic heterocycles. The van der Waals surface area contributed by atoms with Gasteiger partial charge in [0.15, 0.2) is 5.82 Å². The fourth-order valence-electron chi connectivity index (χ4n) is 3.23. The highest BCUT2D eigenvalue weighted by Gasteiger charge is 2.17. The lowest BCUT2D eigenvalue weighted by atomic mass is 10.1. The molecule has 27 heavy (non-hydrogen) atoms. The third-order valence-electron chi connectivity index (χ3n) is 4.72. The summed E-state index contributed by atoms with van der Waals surface area (Å²) >= 11 is 5.88. The number of nitrogens with one attached hydrogen (secondary N) is 2. The van der Waals surface area contributed by atoms with Gasteiger partial charge in [0, 0.05) is 5.39 Å². The molecule has 0 bridgehead atoms. The molecule has 2 aromatic carbocycles. The van der Waals surface area contributed by atoms with Crippen molar-refractivity contribution in [3.05, 3.63) is 53.1 Å². The molecule has 0 atom stereocenters. The number of piperidine rings is 1. The second-order valence-electron chi connectivity index (χ2n) is 6.65. The Morgan fingerprint density at radius 2 is 2.04 bits per heavy atom. The first-order valence-electron chi connectivity index (χ1n) is 8.95. The number of halogens is 2. The highest BCUT2D eigenvalue weighted by Crippen LogP contribution is 2.32. The van der Waals surface area contributed by atoms with Gasteiger partial charge in [0.05, 0.1) is 16.2 Å². The summed E-state index contributed by atoms with van der Waals surface area (Å²) in [6.45, 7) is 3.92. The van der Waals surface area contributed by atoms with Gasteiger partial charge in [-0.05, 0) is 62.7 Å². The minimum Gasteiger partial charge on any atom is -0.490 e. The molecule has 1 aromatic heterocycles. The lowest BCUT2D eigenvalue weighted by Crippen LogP contribution is -2.34. The van der Waals surface area contributed by atoms with Crippen molar-refractivity contribution in [3.8, 4) is 5.75 Å². The summed E-state index contributed by atoms with van der Waals surface area (Å²) in [4.78, 5) is 8.63. The molecular weight excluding hydrogens is 367 g/mol. The number of aromatic nitrogens is 2. The van der Waals surface area contributed by atoms with Crippen molar-refractivity contribution in [2.45, 2.75) is 25.9 Å². The Hall–Kier alpha value is -2.44. The molecule has 2 heterocycles. The molecule has 140 valence electrons. The van der Waals surface area contributed by atoms with Gasteiger partial charge in [-0.1, -0.05) is 17.7 Å². The number of nitrogens with zero attached hydrogens (tertiary/aromatic N) is 2. The van der Waals surface area contributed by atoms with Crippen molar-refractivity contribution >= 4 is 34.0 Å². The van der Waals surface area contributed by atoms with Crippen LogP contribution in [0.5, 0.6) is 5.75 Å². The van der Waals surface area contributed by atoms with E-state index in [4.69, 9.17) is 16.3 Å². The quantitative estimate of drug-likeness (QED) is 0.686. The van der Waals surface area contributed by atoms with Crippen LogP contribution in [-0.4, -0.2) is 29.2 Å². The van der Waals surface area contributed by atoms with Gasteiger partial charge in [-0.2, -0.15) is 0 Å². The van der Waals surface area contributed by atoms with Crippen LogP contribution in [0, 0.1) is 12.7 Å².